The van der Waals surface area contributed by atoms with Gasteiger partial charge in [0.2, 0.25) is 0 Å². The van der Waals surface area contributed by atoms with Crippen LogP contribution in [0.25, 0.3) is 22.2 Å². The van der Waals surface area contributed by atoms with E-state index in [0.29, 0.717) is 17.1 Å². The fraction of sp³-hybridized carbons (Fsp3) is 0.0909. The van der Waals surface area contributed by atoms with Crippen molar-refractivity contribution in [1.29, 1.82) is 0 Å². The molecule has 132 valence electrons. The van der Waals surface area contributed by atoms with Crippen molar-refractivity contribution >= 4 is 22.6 Å². The number of aromatic nitrogens is 3. The lowest BCUT2D eigenvalue weighted by molar-refractivity contribution is 0.102. The van der Waals surface area contributed by atoms with Crippen molar-refractivity contribution in [1.82, 2.24) is 15.0 Å². The average molecular weight is 354 g/mol. The van der Waals surface area contributed by atoms with Crippen molar-refractivity contribution in [2.75, 3.05) is 5.32 Å². The molecule has 5 nitrogen and oxygen atoms in total. The van der Waals surface area contributed by atoms with Crippen molar-refractivity contribution < 1.29 is 4.79 Å². The fourth-order valence-corrected chi connectivity index (χ4v) is 2.92. The minimum atomic E-state index is -0.213. The van der Waals surface area contributed by atoms with Gasteiger partial charge in [-0.2, -0.15) is 0 Å². The molecule has 0 saturated carbocycles. The van der Waals surface area contributed by atoms with Gasteiger partial charge in [0.05, 0.1) is 16.8 Å². The Kier molecular flexibility index (Phi) is 4.34. The van der Waals surface area contributed by atoms with Gasteiger partial charge >= 0.3 is 0 Å². The molecule has 0 fully saturated rings. The molecule has 0 aliphatic rings. The van der Waals surface area contributed by atoms with Crippen LogP contribution in [0.4, 0.5) is 5.82 Å². The van der Waals surface area contributed by atoms with E-state index in [2.05, 4.69) is 15.3 Å². The number of hydrogen-bond acceptors (Lipinski definition) is 4. The summed E-state index contributed by atoms with van der Waals surface area (Å²) in [7, 11) is 0. The van der Waals surface area contributed by atoms with Gasteiger partial charge in [0.1, 0.15) is 5.82 Å². The summed E-state index contributed by atoms with van der Waals surface area (Å²) in [5.74, 6) is 0.306. The third-order valence-electron chi connectivity index (χ3n) is 4.32. The maximum absolute atomic E-state index is 13.0. The SMILES string of the molecule is Cc1ccc(NC(=O)c2cc(-c3cccnc3)nc3ccc(C)cc23)nc1. The maximum Gasteiger partial charge on any atom is 0.257 e. The van der Waals surface area contributed by atoms with Crippen LogP contribution in [0.15, 0.2) is 67.1 Å². The number of fused-ring (bicyclic) bond motifs is 1. The van der Waals surface area contributed by atoms with E-state index in [1.54, 1.807) is 24.7 Å². The lowest BCUT2D eigenvalue weighted by atomic mass is 10.0. The number of carbonyl (C=O) groups excluding carboxylic acids is 1. The summed E-state index contributed by atoms with van der Waals surface area (Å²) in [5, 5.41) is 3.69. The first kappa shape index (κ1) is 16.8. The van der Waals surface area contributed by atoms with Gasteiger partial charge in [-0.25, -0.2) is 9.97 Å². The zero-order chi connectivity index (χ0) is 18.8. The van der Waals surface area contributed by atoms with Crippen LogP contribution in [-0.4, -0.2) is 20.9 Å². The number of nitrogens with zero attached hydrogens (tertiary/aromatic N) is 3. The zero-order valence-corrected chi connectivity index (χ0v) is 15.1. The minimum absolute atomic E-state index is 0.213. The number of nitrogens with one attached hydrogen (secondary N) is 1. The first-order chi connectivity index (χ1) is 13.1. The molecule has 3 aromatic heterocycles. The molecule has 0 spiro atoms. The number of aryl methyl sites for hydroxylation is 2. The van der Waals surface area contributed by atoms with Crippen molar-refractivity contribution in [3.05, 3.63) is 83.8 Å². The number of rotatable bonds is 3. The molecule has 0 saturated heterocycles. The fourth-order valence-electron chi connectivity index (χ4n) is 2.92. The van der Waals surface area contributed by atoms with Crippen LogP contribution < -0.4 is 5.32 Å². The molecule has 4 aromatic rings. The summed E-state index contributed by atoms with van der Waals surface area (Å²) in [5.41, 5.74) is 5.01. The molecule has 1 N–H and O–H groups in total. The van der Waals surface area contributed by atoms with Gasteiger partial charge in [-0.3, -0.25) is 9.78 Å². The lowest BCUT2D eigenvalue weighted by Crippen LogP contribution is -2.14. The van der Waals surface area contributed by atoms with E-state index in [-0.39, 0.29) is 5.91 Å². The third-order valence-corrected chi connectivity index (χ3v) is 4.32. The van der Waals surface area contributed by atoms with E-state index in [1.807, 2.05) is 56.3 Å². The Balaban J connectivity index is 1.82. The first-order valence-electron chi connectivity index (χ1n) is 8.66. The Morgan fingerprint density at radius 2 is 1.81 bits per heavy atom. The first-order valence-corrected chi connectivity index (χ1v) is 8.66. The van der Waals surface area contributed by atoms with Gasteiger partial charge in [0.25, 0.3) is 5.91 Å². The molecule has 4 rings (SSSR count). The topological polar surface area (TPSA) is 67.8 Å². The second kappa shape index (κ2) is 6.96. The van der Waals surface area contributed by atoms with Gasteiger partial charge < -0.3 is 5.32 Å². The summed E-state index contributed by atoms with van der Waals surface area (Å²) in [6, 6.07) is 15.2. The standard InChI is InChI=1S/C22H18N4O/c1-14-5-7-19-17(10-14)18(11-20(25-19)16-4-3-9-23-13-16)22(27)26-21-8-6-15(2)12-24-21/h3-13H,1-2H3,(H,24,26,27). The Labute approximate surface area is 157 Å². The number of carbonyl (C=O) groups is 1. The largest absolute Gasteiger partial charge is 0.307 e. The van der Waals surface area contributed by atoms with Crippen molar-refractivity contribution in [2.45, 2.75) is 13.8 Å². The van der Waals surface area contributed by atoms with Crippen LogP contribution in [0, 0.1) is 13.8 Å². The monoisotopic (exact) mass is 354 g/mol. The minimum Gasteiger partial charge on any atom is -0.307 e. The Morgan fingerprint density at radius 1 is 0.963 bits per heavy atom. The number of anilines is 1. The molecule has 1 amide bonds. The van der Waals surface area contributed by atoms with Gasteiger partial charge in [0, 0.05) is 29.5 Å². The lowest BCUT2D eigenvalue weighted by Gasteiger charge is -2.11. The quantitative estimate of drug-likeness (QED) is 0.585. The van der Waals surface area contributed by atoms with Crippen LogP contribution >= 0.6 is 0 Å². The summed E-state index contributed by atoms with van der Waals surface area (Å²) in [6.45, 7) is 3.95. The van der Waals surface area contributed by atoms with E-state index in [0.717, 1.165) is 27.6 Å². The second-order valence-corrected chi connectivity index (χ2v) is 6.49. The van der Waals surface area contributed by atoms with Crippen molar-refractivity contribution in [2.24, 2.45) is 0 Å². The zero-order valence-electron chi connectivity index (χ0n) is 15.1. The molecule has 3 heterocycles. The predicted octanol–water partition coefficient (Wildman–Crippen LogP) is 4.56. The van der Waals surface area contributed by atoms with E-state index < -0.39 is 0 Å². The molecule has 0 unspecified atom stereocenters. The number of amides is 1. The molecular weight excluding hydrogens is 336 g/mol. The normalized spacial score (nSPS) is 10.7. The molecular formula is C22H18N4O. The molecule has 0 radical (unpaired) electrons. The molecule has 1 aromatic carbocycles. The van der Waals surface area contributed by atoms with Crippen molar-refractivity contribution in [3.63, 3.8) is 0 Å². The van der Waals surface area contributed by atoms with E-state index in [4.69, 9.17) is 4.98 Å². The van der Waals surface area contributed by atoms with Crippen LogP contribution in [0.2, 0.25) is 0 Å². The van der Waals surface area contributed by atoms with Crippen molar-refractivity contribution in [3.8, 4) is 11.3 Å². The number of benzene rings is 1. The van der Waals surface area contributed by atoms with Crippen LogP contribution in [-0.2, 0) is 0 Å². The molecule has 0 atom stereocenters. The molecule has 0 aliphatic heterocycles. The highest BCUT2D eigenvalue weighted by atomic mass is 16.1. The van der Waals surface area contributed by atoms with Crippen LogP contribution in [0.1, 0.15) is 21.5 Å². The van der Waals surface area contributed by atoms with Gasteiger partial charge in [0.15, 0.2) is 0 Å². The number of hydrogen-bond donors (Lipinski definition) is 1. The van der Waals surface area contributed by atoms with Gasteiger partial charge in [-0.05, 0) is 55.8 Å². The maximum atomic E-state index is 13.0. The smallest absolute Gasteiger partial charge is 0.257 e. The Hall–Kier alpha value is -3.60. The Morgan fingerprint density at radius 3 is 2.56 bits per heavy atom. The Bertz CT molecular complexity index is 1120. The predicted molar refractivity (Wildman–Crippen MR) is 107 cm³/mol. The molecule has 27 heavy (non-hydrogen) atoms. The summed E-state index contributed by atoms with van der Waals surface area (Å²) >= 11 is 0. The van der Waals surface area contributed by atoms with E-state index >= 15 is 0 Å². The van der Waals surface area contributed by atoms with Gasteiger partial charge in [-0.15, -0.1) is 0 Å². The van der Waals surface area contributed by atoms with Crippen LogP contribution in [0.3, 0.4) is 0 Å². The molecule has 0 bridgehead atoms. The van der Waals surface area contributed by atoms with E-state index in [1.165, 1.54) is 0 Å². The summed E-state index contributed by atoms with van der Waals surface area (Å²) in [6.07, 6.45) is 5.18. The molecule has 0 aliphatic carbocycles. The highest BCUT2D eigenvalue weighted by Gasteiger charge is 2.15. The van der Waals surface area contributed by atoms with Crippen LogP contribution in [0.5, 0.6) is 0 Å². The average Bonchev–Trinajstić information content (AvgIpc) is 2.69. The highest BCUT2D eigenvalue weighted by molar-refractivity contribution is 6.12. The molecule has 5 heteroatoms. The third kappa shape index (κ3) is 3.53. The second-order valence-electron chi connectivity index (χ2n) is 6.49. The van der Waals surface area contributed by atoms with Gasteiger partial charge in [-0.1, -0.05) is 17.7 Å². The highest BCUT2D eigenvalue weighted by Crippen LogP contribution is 2.26. The van der Waals surface area contributed by atoms with E-state index in [9.17, 15) is 4.79 Å². The summed E-state index contributed by atoms with van der Waals surface area (Å²) in [4.78, 5) is 26.1. The number of pyridine rings is 3. The summed E-state index contributed by atoms with van der Waals surface area (Å²) < 4.78 is 0.